The fourth-order valence-electron chi connectivity index (χ4n) is 3.25. The normalized spacial score (nSPS) is 19.7. The second-order valence-electron chi connectivity index (χ2n) is 7.01. The fraction of sp³-hybridized carbons (Fsp3) is 0.556. The molecule has 1 aliphatic carbocycles. The van der Waals surface area contributed by atoms with Crippen LogP contribution in [0, 0.1) is 5.92 Å². The largest absolute Gasteiger partial charge is 0.480 e. The van der Waals surface area contributed by atoms with Crippen LogP contribution in [0.2, 0.25) is 0 Å². The zero-order chi connectivity index (χ0) is 18.7. The maximum Gasteiger partial charge on any atom is 0.326 e. The van der Waals surface area contributed by atoms with Crippen molar-refractivity contribution in [1.82, 2.24) is 9.62 Å². The molecule has 1 heterocycles. The molecule has 1 aromatic rings. The number of carboxylic acids is 1. The lowest BCUT2D eigenvalue weighted by molar-refractivity contribution is -0.142. The maximum atomic E-state index is 12.6. The summed E-state index contributed by atoms with van der Waals surface area (Å²) in [4.78, 5) is 23.5. The van der Waals surface area contributed by atoms with E-state index >= 15 is 0 Å². The molecule has 2 fully saturated rings. The molecular weight excluding hydrogens is 356 g/mol. The number of carboxylic acid groups (broad SMARTS) is 1. The lowest BCUT2D eigenvalue weighted by Crippen LogP contribution is -2.43. The Hall–Kier alpha value is -1.93. The first kappa shape index (κ1) is 18.8. The Labute approximate surface area is 153 Å². The van der Waals surface area contributed by atoms with Crippen molar-refractivity contribution in [1.29, 1.82) is 0 Å². The van der Waals surface area contributed by atoms with Gasteiger partial charge >= 0.3 is 5.97 Å². The molecule has 1 atom stereocenters. The summed E-state index contributed by atoms with van der Waals surface area (Å²) < 4.78 is 26.7. The van der Waals surface area contributed by atoms with Crippen molar-refractivity contribution in [3.8, 4) is 0 Å². The molecule has 2 aliphatic rings. The number of piperidine rings is 1. The molecule has 0 radical (unpaired) electrons. The SMILES string of the molecule is O=C(Cc1ccc(S(=O)(=O)N2CCCCC2)cc1)NC(C(=O)O)C1CC1. The smallest absolute Gasteiger partial charge is 0.326 e. The van der Waals surface area contributed by atoms with Crippen LogP contribution in [0.1, 0.15) is 37.7 Å². The van der Waals surface area contributed by atoms with Crippen molar-refractivity contribution in [2.45, 2.75) is 49.5 Å². The average molecular weight is 380 g/mol. The lowest BCUT2D eigenvalue weighted by atomic mass is 10.1. The molecule has 1 saturated heterocycles. The van der Waals surface area contributed by atoms with Gasteiger partial charge in [0.25, 0.3) is 0 Å². The Morgan fingerprint density at radius 2 is 1.73 bits per heavy atom. The van der Waals surface area contributed by atoms with Crippen molar-refractivity contribution in [3.63, 3.8) is 0 Å². The van der Waals surface area contributed by atoms with Gasteiger partial charge < -0.3 is 10.4 Å². The Kier molecular flexibility index (Phi) is 5.62. The van der Waals surface area contributed by atoms with Crippen molar-refractivity contribution in [2.75, 3.05) is 13.1 Å². The van der Waals surface area contributed by atoms with Crippen LogP contribution >= 0.6 is 0 Å². The maximum absolute atomic E-state index is 12.6. The van der Waals surface area contributed by atoms with Gasteiger partial charge in [0.2, 0.25) is 15.9 Å². The predicted octanol–water partition coefficient (Wildman–Crippen LogP) is 1.38. The van der Waals surface area contributed by atoms with Gasteiger partial charge in [-0.1, -0.05) is 18.6 Å². The summed E-state index contributed by atoms with van der Waals surface area (Å²) in [5.74, 6) is -1.35. The van der Waals surface area contributed by atoms with Crippen LogP contribution in [-0.4, -0.2) is 48.8 Å². The molecule has 0 aromatic heterocycles. The number of benzene rings is 1. The summed E-state index contributed by atoms with van der Waals surface area (Å²) >= 11 is 0. The molecule has 1 aliphatic heterocycles. The van der Waals surface area contributed by atoms with Gasteiger partial charge in [0.05, 0.1) is 11.3 Å². The molecule has 1 amide bonds. The Morgan fingerprint density at radius 3 is 2.27 bits per heavy atom. The van der Waals surface area contributed by atoms with E-state index in [1.165, 1.54) is 16.4 Å². The highest BCUT2D eigenvalue weighted by molar-refractivity contribution is 7.89. The Morgan fingerprint density at radius 1 is 1.12 bits per heavy atom. The number of carbonyl (C=O) groups is 2. The van der Waals surface area contributed by atoms with Crippen LogP contribution in [0.25, 0.3) is 0 Å². The number of rotatable bonds is 7. The minimum atomic E-state index is -3.49. The van der Waals surface area contributed by atoms with Crippen molar-refractivity contribution >= 4 is 21.9 Å². The first-order chi connectivity index (χ1) is 12.4. The third kappa shape index (κ3) is 4.42. The molecule has 1 aromatic carbocycles. The van der Waals surface area contributed by atoms with E-state index in [2.05, 4.69) is 5.32 Å². The zero-order valence-corrected chi connectivity index (χ0v) is 15.4. The molecule has 142 valence electrons. The van der Waals surface area contributed by atoms with Gasteiger partial charge in [-0.05, 0) is 49.3 Å². The highest BCUT2D eigenvalue weighted by Crippen LogP contribution is 2.32. The van der Waals surface area contributed by atoms with Gasteiger partial charge in [0.1, 0.15) is 6.04 Å². The van der Waals surface area contributed by atoms with Gasteiger partial charge in [-0.25, -0.2) is 13.2 Å². The van der Waals surface area contributed by atoms with Crippen LogP contribution in [0.3, 0.4) is 0 Å². The van der Waals surface area contributed by atoms with Crippen molar-refractivity contribution in [3.05, 3.63) is 29.8 Å². The molecule has 0 bridgehead atoms. The molecule has 1 unspecified atom stereocenters. The molecule has 26 heavy (non-hydrogen) atoms. The number of nitrogens with one attached hydrogen (secondary N) is 1. The summed E-state index contributed by atoms with van der Waals surface area (Å²) in [6, 6.07) is 5.43. The first-order valence-electron chi connectivity index (χ1n) is 8.99. The predicted molar refractivity (Wildman–Crippen MR) is 95.0 cm³/mol. The van der Waals surface area contributed by atoms with Gasteiger partial charge in [0, 0.05) is 13.1 Å². The number of hydrogen-bond donors (Lipinski definition) is 2. The van der Waals surface area contributed by atoms with E-state index in [0.29, 0.717) is 18.7 Å². The molecule has 8 heteroatoms. The lowest BCUT2D eigenvalue weighted by Gasteiger charge is -2.25. The topological polar surface area (TPSA) is 104 Å². The van der Waals surface area contributed by atoms with Gasteiger partial charge in [-0.3, -0.25) is 4.79 Å². The van der Waals surface area contributed by atoms with Crippen LogP contribution in [0.4, 0.5) is 0 Å². The summed E-state index contributed by atoms with van der Waals surface area (Å²) in [7, 11) is -3.49. The Bertz CT molecular complexity index is 765. The van der Waals surface area contributed by atoms with E-state index in [1.807, 2.05) is 0 Å². The molecule has 7 nitrogen and oxygen atoms in total. The van der Waals surface area contributed by atoms with E-state index in [-0.39, 0.29) is 23.1 Å². The van der Waals surface area contributed by atoms with Gasteiger partial charge in [-0.15, -0.1) is 0 Å². The summed E-state index contributed by atoms with van der Waals surface area (Å²) in [6.45, 7) is 1.09. The van der Waals surface area contributed by atoms with Crippen LogP contribution < -0.4 is 5.32 Å². The monoisotopic (exact) mass is 380 g/mol. The summed E-state index contributed by atoms with van der Waals surface area (Å²) in [5.41, 5.74) is 0.653. The highest BCUT2D eigenvalue weighted by atomic mass is 32.2. The van der Waals surface area contributed by atoms with Crippen LogP contribution in [0.5, 0.6) is 0 Å². The van der Waals surface area contributed by atoms with Crippen molar-refractivity contribution in [2.24, 2.45) is 5.92 Å². The van der Waals surface area contributed by atoms with E-state index in [9.17, 15) is 18.0 Å². The molecule has 1 saturated carbocycles. The average Bonchev–Trinajstić information content (AvgIpc) is 3.45. The number of nitrogens with zero attached hydrogens (tertiary/aromatic N) is 1. The number of amides is 1. The number of hydrogen-bond acceptors (Lipinski definition) is 4. The number of sulfonamides is 1. The van der Waals surface area contributed by atoms with Gasteiger partial charge in [-0.2, -0.15) is 4.31 Å². The van der Waals surface area contributed by atoms with E-state index in [4.69, 9.17) is 5.11 Å². The summed E-state index contributed by atoms with van der Waals surface area (Å²) in [5, 5.41) is 11.7. The molecule has 0 spiro atoms. The standard InChI is InChI=1S/C18H24N2O5S/c21-16(19-17(18(22)23)14-6-7-14)12-13-4-8-15(9-5-13)26(24,25)20-10-2-1-3-11-20/h4-5,8-9,14,17H,1-3,6-7,10-12H2,(H,19,21)(H,22,23). The minimum Gasteiger partial charge on any atom is -0.480 e. The molecular formula is C18H24N2O5S. The van der Waals surface area contributed by atoms with E-state index in [0.717, 1.165) is 32.1 Å². The number of aliphatic carboxylic acids is 1. The summed E-state index contributed by atoms with van der Waals surface area (Å²) in [6.07, 6.45) is 4.48. The quantitative estimate of drug-likeness (QED) is 0.744. The zero-order valence-electron chi connectivity index (χ0n) is 14.6. The highest BCUT2D eigenvalue weighted by Gasteiger charge is 2.37. The Balaban J connectivity index is 1.62. The second-order valence-corrected chi connectivity index (χ2v) is 8.94. The van der Waals surface area contributed by atoms with Crippen LogP contribution in [-0.2, 0) is 26.0 Å². The van der Waals surface area contributed by atoms with Crippen molar-refractivity contribution < 1.29 is 23.1 Å². The third-order valence-electron chi connectivity index (χ3n) is 4.92. The van der Waals surface area contributed by atoms with E-state index < -0.39 is 22.0 Å². The molecule has 3 rings (SSSR count). The minimum absolute atomic E-state index is 0.0218. The fourth-order valence-corrected chi connectivity index (χ4v) is 4.77. The third-order valence-corrected chi connectivity index (χ3v) is 6.83. The van der Waals surface area contributed by atoms with Gasteiger partial charge in [0.15, 0.2) is 0 Å². The number of carbonyl (C=O) groups excluding carboxylic acids is 1. The second kappa shape index (κ2) is 7.75. The van der Waals surface area contributed by atoms with Crippen LogP contribution in [0.15, 0.2) is 29.2 Å². The molecule has 2 N–H and O–H groups in total. The first-order valence-corrected chi connectivity index (χ1v) is 10.4. The van der Waals surface area contributed by atoms with E-state index in [1.54, 1.807) is 12.1 Å².